The number of pyridine rings is 1. The number of aromatic nitrogens is 3. The number of amides is 1. The highest BCUT2D eigenvalue weighted by Gasteiger charge is 2.15. The molecule has 30 heavy (non-hydrogen) atoms. The Balaban J connectivity index is 1.53. The minimum atomic E-state index is -0.500. The highest BCUT2D eigenvalue weighted by Crippen LogP contribution is 2.31. The third-order valence-corrected chi connectivity index (χ3v) is 5.48. The highest BCUT2D eigenvalue weighted by atomic mass is 127. The largest absolute Gasteiger partial charge is 0.496 e. The van der Waals surface area contributed by atoms with Crippen LogP contribution in [0.15, 0.2) is 48.7 Å². The number of carbonyl (C=O) groups excluding carboxylic acids is 1. The molecule has 0 fully saturated rings. The van der Waals surface area contributed by atoms with Gasteiger partial charge in [-0.1, -0.05) is 24.3 Å². The van der Waals surface area contributed by atoms with E-state index in [2.05, 4.69) is 43.1 Å². The number of halogens is 2. The minimum Gasteiger partial charge on any atom is -0.496 e. The zero-order valence-electron chi connectivity index (χ0n) is 15.9. The van der Waals surface area contributed by atoms with Gasteiger partial charge in [-0.05, 0) is 46.4 Å². The second-order valence-electron chi connectivity index (χ2n) is 6.54. The standard InChI is InChI=1S/C21H17FIN5O2/c1-30-16-7-6-13(22)8-14(16)21(29)26-9-11-2-4-12(5-3-11)18-17-19(15(23)10-25-18)27-28-20(17)24/h2-8,10H,9H2,1H3,(H,26,29)(H3,24,27,28). The number of methoxy groups -OCH3 is 1. The molecule has 1 amide bonds. The number of nitrogens with one attached hydrogen (secondary N) is 2. The van der Waals surface area contributed by atoms with Crippen molar-refractivity contribution in [1.82, 2.24) is 20.5 Å². The summed E-state index contributed by atoms with van der Waals surface area (Å²) in [4.78, 5) is 16.9. The van der Waals surface area contributed by atoms with Gasteiger partial charge in [0.15, 0.2) is 5.82 Å². The topological polar surface area (TPSA) is 106 Å². The Kier molecular flexibility index (Phi) is 5.53. The predicted octanol–water partition coefficient (Wildman–Crippen LogP) is 3.89. The third-order valence-electron chi connectivity index (χ3n) is 4.66. The van der Waals surface area contributed by atoms with Gasteiger partial charge < -0.3 is 15.8 Å². The number of H-pyrrole nitrogens is 1. The van der Waals surface area contributed by atoms with Crippen molar-refractivity contribution < 1.29 is 13.9 Å². The molecule has 4 aromatic rings. The van der Waals surface area contributed by atoms with Gasteiger partial charge in [-0.25, -0.2) is 4.39 Å². The molecule has 7 nitrogen and oxygen atoms in total. The molecule has 4 rings (SSSR count). The molecule has 2 aromatic heterocycles. The first kappa shape index (κ1) is 20.1. The predicted molar refractivity (Wildman–Crippen MR) is 121 cm³/mol. The zero-order chi connectivity index (χ0) is 21.3. The van der Waals surface area contributed by atoms with Gasteiger partial charge in [-0.2, -0.15) is 5.10 Å². The van der Waals surface area contributed by atoms with Gasteiger partial charge in [0.05, 0.1) is 32.8 Å². The Morgan fingerprint density at radius 3 is 2.77 bits per heavy atom. The van der Waals surface area contributed by atoms with Gasteiger partial charge in [0.1, 0.15) is 11.6 Å². The number of hydrogen-bond donors (Lipinski definition) is 3. The van der Waals surface area contributed by atoms with Crippen LogP contribution in [0.25, 0.3) is 22.2 Å². The fraction of sp³-hybridized carbons (Fsp3) is 0.0952. The lowest BCUT2D eigenvalue weighted by Crippen LogP contribution is -2.23. The van der Waals surface area contributed by atoms with Crippen LogP contribution in [0.2, 0.25) is 0 Å². The Hall–Kier alpha value is -3.21. The van der Waals surface area contributed by atoms with Crippen molar-refractivity contribution in [1.29, 1.82) is 0 Å². The van der Waals surface area contributed by atoms with Gasteiger partial charge in [0.25, 0.3) is 5.91 Å². The number of nitrogens with zero attached hydrogens (tertiary/aromatic N) is 2. The molecule has 0 aliphatic heterocycles. The van der Waals surface area contributed by atoms with Crippen LogP contribution in [0.4, 0.5) is 10.2 Å². The molecule has 0 saturated carbocycles. The van der Waals surface area contributed by atoms with E-state index in [0.717, 1.165) is 37.4 Å². The van der Waals surface area contributed by atoms with Crippen LogP contribution >= 0.6 is 22.6 Å². The molecule has 0 aliphatic carbocycles. The summed E-state index contributed by atoms with van der Waals surface area (Å²) in [6.45, 7) is 0.280. The number of anilines is 1. The maximum Gasteiger partial charge on any atom is 0.255 e. The zero-order valence-corrected chi connectivity index (χ0v) is 18.0. The van der Waals surface area contributed by atoms with Crippen LogP contribution in [0, 0.1) is 9.39 Å². The lowest BCUT2D eigenvalue weighted by molar-refractivity contribution is 0.0947. The number of fused-ring (bicyclic) bond motifs is 1. The van der Waals surface area contributed by atoms with Crippen molar-refractivity contribution in [3.63, 3.8) is 0 Å². The van der Waals surface area contributed by atoms with E-state index in [0.29, 0.717) is 11.6 Å². The summed E-state index contributed by atoms with van der Waals surface area (Å²) in [5.41, 5.74) is 9.50. The molecule has 2 aromatic carbocycles. The summed E-state index contributed by atoms with van der Waals surface area (Å²) >= 11 is 2.18. The number of ether oxygens (including phenoxy) is 1. The van der Waals surface area contributed by atoms with E-state index < -0.39 is 11.7 Å². The Morgan fingerprint density at radius 1 is 1.27 bits per heavy atom. The quantitative estimate of drug-likeness (QED) is 0.349. The first-order valence-electron chi connectivity index (χ1n) is 8.97. The third kappa shape index (κ3) is 3.80. The van der Waals surface area contributed by atoms with Crippen LogP contribution in [0.5, 0.6) is 5.75 Å². The summed E-state index contributed by atoms with van der Waals surface area (Å²) in [5, 5.41) is 10.6. The Morgan fingerprint density at radius 2 is 2.03 bits per heavy atom. The maximum absolute atomic E-state index is 13.5. The maximum atomic E-state index is 13.5. The Bertz CT molecular complexity index is 1240. The molecule has 0 unspecified atom stereocenters. The molecule has 0 radical (unpaired) electrons. The van der Waals surface area contributed by atoms with Crippen LogP contribution in [-0.2, 0) is 6.54 Å². The fourth-order valence-electron chi connectivity index (χ4n) is 3.15. The molecule has 0 aliphatic rings. The monoisotopic (exact) mass is 517 g/mol. The highest BCUT2D eigenvalue weighted by molar-refractivity contribution is 14.1. The number of rotatable bonds is 5. The first-order valence-corrected chi connectivity index (χ1v) is 10.0. The number of hydrogen-bond acceptors (Lipinski definition) is 5. The van der Waals surface area contributed by atoms with Gasteiger partial charge in [0, 0.05) is 18.3 Å². The number of aromatic amines is 1. The van der Waals surface area contributed by atoms with Crippen LogP contribution < -0.4 is 15.8 Å². The van der Waals surface area contributed by atoms with Crippen LogP contribution in [-0.4, -0.2) is 28.2 Å². The molecule has 2 heterocycles. The summed E-state index contributed by atoms with van der Waals surface area (Å²) in [7, 11) is 1.44. The average Bonchev–Trinajstić information content (AvgIpc) is 3.15. The average molecular weight is 517 g/mol. The first-order chi connectivity index (χ1) is 14.5. The number of nitrogen functional groups attached to an aromatic ring is 1. The van der Waals surface area contributed by atoms with E-state index in [4.69, 9.17) is 10.5 Å². The summed E-state index contributed by atoms with van der Waals surface area (Å²) in [6.07, 6.45) is 1.76. The van der Waals surface area contributed by atoms with E-state index in [1.165, 1.54) is 19.2 Å². The molecular weight excluding hydrogens is 500 g/mol. The van der Waals surface area contributed by atoms with Crippen molar-refractivity contribution in [3.8, 4) is 17.0 Å². The van der Waals surface area contributed by atoms with E-state index in [9.17, 15) is 9.18 Å². The SMILES string of the molecule is COc1ccc(F)cc1C(=O)NCc1ccc(-c2ncc(I)c3[nH]nc(N)c23)cc1. The summed E-state index contributed by atoms with van der Waals surface area (Å²) in [6, 6.07) is 11.4. The minimum absolute atomic E-state index is 0.148. The van der Waals surface area contributed by atoms with Crippen LogP contribution in [0.1, 0.15) is 15.9 Å². The van der Waals surface area contributed by atoms with Crippen molar-refractivity contribution in [2.24, 2.45) is 0 Å². The molecule has 9 heteroatoms. The lowest BCUT2D eigenvalue weighted by atomic mass is 10.1. The molecular formula is C21H17FIN5O2. The van der Waals surface area contributed by atoms with Crippen molar-refractivity contribution in [2.75, 3.05) is 12.8 Å². The normalized spacial score (nSPS) is 10.9. The smallest absolute Gasteiger partial charge is 0.255 e. The second kappa shape index (κ2) is 8.27. The van der Waals surface area contributed by atoms with Crippen molar-refractivity contribution in [2.45, 2.75) is 6.54 Å². The van der Waals surface area contributed by atoms with E-state index in [1.807, 2.05) is 24.3 Å². The van der Waals surface area contributed by atoms with E-state index in [-0.39, 0.29) is 12.1 Å². The summed E-state index contributed by atoms with van der Waals surface area (Å²) < 4.78 is 19.6. The van der Waals surface area contributed by atoms with Gasteiger partial charge >= 0.3 is 0 Å². The fourth-order valence-corrected chi connectivity index (χ4v) is 3.68. The van der Waals surface area contributed by atoms with Crippen LogP contribution in [0.3, 0.4) is 0 Å². The molecule has 4 N–H and O–H groups in total. The van der Waals surface area contributed by atoms with E-state index >= 15 is 0 Å². The number of benzene rings is 2. The molecule has 0 saturated heterocycles. The second-order valence-corrected chi connectivity index (χ2v) is 7.70. The molecule has 0 atom stereocenters. The van der Waals surface area contributed by atoms with Crippen molar-refractivity contribution >= 4 is 45.2 Å². The molecule has 0 bridgehead atoms. The summed E-state index contributed by atoms with van der Waals surface area (Å²) in [5.74, 6) is -0.204. The van der Waals surface area contributed by atoms with Gasteiger partial charge in [0.2, 0.25) is 0 Å². The van der Waals surface area contributed by atoms with Gasteiger partial charge in [-0.15, -0.1) is 0 Å². The Labute approximate surface area is 185 Å². The number of nitrogens with two attached hydrogens (primary N) is 1. The van der Waals surface area contributed by atoms with E-state index in [1.54, 1.807) is 6.20 Å². The molecule has 0 spiro atoms. The van der Waals surface area contributed by atoms with Crippen molar-refractivity contribution in [3.05, 3.63) is 69.2 Å². The lowest BCUT2D eigenvalue weighted by Gasteiger charge is -2.10. The van der Waals surface area contributed by atoms with Gasteiger partial charge in [-0.3, -0.25) is 14.9 Å². The molecule has 152 valence electrons. The number of carbonyl (C=O) groups is 1.